The van der Waals surface area contributed by atoms with Crippen LogP contribution in [0.1, 0.15) is 45.4 Å². The molecule has 0 bridgehead atoms. The number of Topliss-reactive ketones (excluding diaryl/α,β-unsaturated/α-hetero) is 1. The third kappa shape index (κ3) is 5.04. The molecule has 0 amide bonds. The Morgan fingerprint density at radius 3 is 2.15 bits per heavy atom. The van der Waals surface area contributed by atoms with Gasteiger partial charge in [0.2, 0.25) is 0 Å². The van der Waals surface area contributed by atoms with E-state index in [1.165, 1.54) is 45.2 Å². The van der Waals surface area contributed by atoms with Crippen LogP contribution in [0.25, 0.3) is 0 Å². The van der Waals surface area contributed by atoms with Gasteiger partial charge in [0, 0.05) is 13.0 Å². The fourth-order valence-electron chi connectivity index (χ4n) is 1.85. The molecule has 2 heteroatoms. The summed E-state index contributed by atoms with van der Waals surface area (Å²) < 4.78 is 0. The number of carbonyl (C=O) groups is 1. The summed E-state index contributed by atoms with van der Waals surface area (Å²) in [7, 11) is 0. The van der Waals surface area contributed by atoms with Crippen molar-refractivity contribution in [3.63, 3.8) is 0 Å². The summed E-state index contributed by atoms with van der Waals surface area (Å²) in [6.07, 6.45) is 7.52. The number of ketones is 1. The molecule has 1 rings (SSSR count). The lowest BCUT2D eigenvalue weighted by molar-refractivity contribution is -0.117. The molecule has 1 aliphatic heterocycles. The Hall–Kier alpha value is -0.370. The van der Waals surface area contributed by atoms with Crippen LogP contribution < -0.4 is 0 Å². The quantitative estimate of drug-likeness (QED) is 0.668. The standard InChI is InChI=1S/C11H21NO/c1-11(13)7-10-12-8-5-3-2-4-6-9-12/h2-10H2,1H3. The van der Waals surface area contributed by atoms with E-state index in [2.05, 4.69) is 4.90 Å². The van der Waals surface area contributed by atoms with Gasteiger partial charge in [0.05, 0.1) is 0 Å². The van der Waals surface area contributed by atoms with Gasteiger partial charge in [0.1, 0.15) is 5.78 Å². The monoisotopic (exact) mass is 183 g/mol. The molecule has 0 aliphatic carbocycles. The molecular weight excluding hydrogens is 162 g/mol. The molecule has 0 saturated carbocycles. The van der Waals surface area contributed by atoms with E-state index in [1.54, 1.807) is 6.92 Å². The van der Waals surface area contributed by atoms with E-state index in [4.69, 9.17) is 0 Å². The maximum absolute atomic E-state index is 10.8. The summed E-state index contributed by atoms with van der Waals surface area (Å²) in [5.41, 5.74) is 0. The van der Waals surface area contributed by atoms with Crippen molar-refractivity contribution in [3.8, 4) is 0 Å². The average molecular weight is 183 g/mol. The van der Waals surface area contributed by atoms with E-state index in [1.807, 2.05) is 0 Å². The van der Waals surface area contributed by atoms with Gasteiger partial charge < -0.3 is 4.90 Å². The maximum atomic E-state index is 10.8. The Morgan fingerprint density at radius 1 is 1.08 bits per heavy atom. The minimum atomic E-state index is 0.321. The van der Waals surface area contributed by atoms with Crippen molar-refractivity contribution in [2.45, 2.75) is 45.4 Å². The molecule has 1 heterocycles. The molecule has 0 radical (unpaired) electrons. The minimum Gasteiger partial charge on any atom is -0.303 e. The van der Waals surface area contributed by atoms with Crippen LogP contribution in [-0.4, -0.2) is 30.3 Å². The molecule has 0 atom stereocenters. The number of hydrogen-bond donors (Lipinski definition) is 0. The van der Waals surface area contributed by atoms with E-state index >= 15 is 0 Å². The lowest BCUT2D eigenvalue weighted by Crippen LogP contribution is -2.29. The van der Waals surface area contributed by atoms with Gasteiger partial charge in [0.15, 0.2) is 0 Å². The van der Waals surface area contributed by atoms with Crippen molar-refractivity contribution in [3.05, 3.63) is 0 Å². The predicted octanol–water partition coefficient (Wildman–Crippen LogP) is 2.23. The van der Waals surface area contributed by atoms with Crippen molar-refractivity contribution >= 4 is 5.78 Å². The van der Waals surface area contributed by atoms with Crippen LogP contribution in [0.4, 0.5) is 0 Å². The van der Waals surface area contributed by atoms with Crippen molar-refractivity contribution < 1.29 is 4.79 Å². The Kier molecular flexibility index (Phi) is 5.06. The number of carbonyl (C=O) groups excluding carboxylic acids is 1. The highest BCUT2D eigenvalue weighted by molar-refractivity contribution is 5.75. The smallest absolute Gasteiger partial charge is 0.131 e. The molecule has 0 spiro atoms. The number of rotatable bonds is 3. The molecule has 0 aromatic carbocycles. The molecule has 1 fully saturated rings. The molecule has 0 aromatic heterocycles. The molecule has 76 valence electrons. The topological polar surface area (TPSA) is 20.3 Å². The summed E-state index contributed by atoms with van der Waals surface area (Å²) in [6.45, 7) is 5.07. The first-order chi connectivity index (χ1) is 6.29. The molecule has 13 heavy (non-hydrogen) atoms. The van der Waals surface area contributed by atoms with Crippen LogP contribution in [0, 0.1) is 0 Å². The van der Waals surface area contributed by atoms with Crippen LogP contribution in [0.15, 0.2) is 0 Å². The second kappa shape index (κ2) is 6.14. The van der Waals surface area contributed by atoms with Crippen molar-refractivity contribution in [2.75, 3.05) is 19.6 Å². The fraction of sp³-hybridized carbons (Fsp3) is 0.909. The van der Waals surface area contributed by atoms with Gasteiger partial charge in [-0.3, -0.25) is 4.79 Å². The highest BCUT2D eigenvalue weighted by Gasteiger charge is 2.07. The first-order valence-electron chi connectivity index (χ1n) is 5.51. The molecule has 0 unspecified atom stereocenters. The molecular formula is C11H21NO. The Morgan fingerprint density at radius 2 is 1.62 bits per heavy atom. The average Bonchev–Trinajstić information content (AvgIpc) is 2.01. The van der Waals surface area contributed by atoms with Gasteiger partial charge in [-0.2, -0.15) is 0 Å². The second-order valence-electron chi connectivity index (χ2n) is 4.06. The zero-order chi connectivity index (χ0) is 9.52. The fourth-order valence-corrected chi connectivity index (χ4v) is 1.85. The van der Waals surface area contributed by atoms with Crippen molar-refractivity contribution in [1.29, 1.82) is 0 Å². The molecule has 1 saturated heterocycles. The third-order valence-corrected chi connectivity index (χ3v) is 2.73. The van der Waals surface area contributed by atoms with Gasteiger partial charge in [-0.05, 0) is 32.9 Å². The van der Waals surface area contributed by atoms with E-state index in [9.17, 15) is 4.79 Å². The van der Waals surface area contributed by atoms with Gasteiger partial charge >= 0.3 is 0 Å². The SMILES string of the molecule is CC(=O)CCN1CCCCCCC1. The van der Waals surface area contributed by atoms with Crippen LogP contribution >= 0.6 is 0 Å². The lowest BCUT2D eigenvalue weighted by atomic mass is 10.1. The first kappa shape index (κ1) is 10.7. The highest BCUT2D eigenvalue weighted by atomic mass is 16.1. The lowest BCUT2D eigenvalue weighted by Gasteiger charge is -2.23. The third-order valence-electron chi connectivity index (χ3n) is 2.73. The van der Waals surface area contributed by atoms with Crippen LogP contribution in [0.2, 0.25) is 0 Å². The summed E-state index contributed by atoms with van der Waals surface area (Å²) in [5.74, 6) is 0.321. The van der Waals surface area contributed by atoms with E-state index in [0.29, 0.717) is 5.78 Å². The normalized spacial score (nSPS) is 20.7. The molecule has 1 aliphatic rings. The van der Waals surface area contributed by atoms with E-state index in [-0.39, 0.29) is 0 Å². The predicted molar refractivity (Wildman–Crippen MR) is 54.8 cm³/mol. The van der Waals surface area contributed by atoms with Crippen LogP contribution in [0.5, 0.6) is 0 Å². The van der Waals surface area contributed by atoms with Crippen molar-refractivity contribution in [1.82, 2.24) is 4.90 Å². The molecule has 2 nitrogen and oxygen atoms in total. The summed E-state index contributed by atoms with van der Waals surface area (Å²) >= 11 is 0. The van der Waals surface area contributed by atoms with Crippen LogP contribution in [0.3, 0.4) is 0 Å². The number of nitrogens with zero attached hydrogens (tertiary/aromatic N) is 1. The highest BCUT2D eigenvalue weighted by Crippen LogP contribution is 2.10. The summed E-state index contributed by atoms with van der Waals surface area (Å²) in [6, 6.07) is 0. The van der Waals surface area contributed by atoms with Crippen molar-refractivity contribution in [2.24, 2.45) is 0 Å². The van der Waals surface area contributed by atoms with E-state index in [0.717, 1.165) is 13.0 Å². The van der Waals surface area contributed by atoms with Gasteiger partial charge in [-0.1, -0.05) is 19.3 Å². The maximum Gasteiger partial charge on any atom is 0.131 e. The summed E-state index contributed by atoms with van der Waals surface area (Å²) in [4.78, 5) is 13.3. The Balaban J connectivity index is 2.17. The van der Waals surface area contributed by atoms with Gasteiger partial charge in [0.25, 0.3) is 0 Å². The Labute approximate surface area is 81.3 Å². The van der Waals surface area contributed by atoms with Gasteiger partial charge in [-0.25, -0.2) is 0 Å². The molecule has 0 N–H and O–H groups in total. The largest absolute Gasteiger partial charge is 0.303 e. The van der Waals surface area contributed by atoms with Crippen LogP contribution in [-0.2, 0) is 4.79 Å². The minimum absolute atomic E-state index is 0.321. The number of likely N-dealkylation sites (tertiary alicyclic amines) is 1. The zero-order valence-electron chi connectivity index (χ0n) is 8.72. The number of hydrogen-bond acceptors (Lipinski definition) is 2. The summed E-state index contributed by atoms with van der Waals surface area (Å²) in [5, 5.41) is 0. The zero-order valence-corrected chi connectivity index (χ0v) is 8.72. The second-order valence-corrected chi connectivity index (χ2v) is 4.06. The molecule has 0 aromatic rings. The van der Waals surface area contributed by atoms with Gasteiger partial charge in [-0.15, -0.1) is 0 Å². The Bertz CT molecular complexity index is 148. The van der Waals surface area contributed by atoms with E-state index < -0.39 is 0 Å². The first-order valence-corrected chi connectivity index (χ1v) is 5.51.